The predicted molar refractivity (Wildman–Crippen MR) is 120 cm³/mol. The summed E-state index contributed by atoms with van der Waals surface area (Å²) < 4.78 is 0. The number of aliphatic hydroxyl groups is 1. The molecule has 8 nitrogen and oxygen atoms in total. The van der Waals surface area contributed by atoms with Crippen molar-refractivity contribution in [2.45, 2.75) is 38.2 Å². The Morgan fingerprint density at radius 1 is 1.00 bits per heavy atom. The van der Waals surface area contributed by atoms with Gasteiger partial charge in [0.25, 0.3) is 11.8 Å². The Labute approximate surface area is 187 Å². The molecule has 32 heavy (non-hydrogen) atoms. The highest BCUT2D eigenvalue weighted by Crippen LogP contribution is 2.37. The van der Waals surface area contributed by atoms with Gasteiger partial charge in [-0.15, -0.1) is 0 Å². The number of benzene rings is 1. The molecule has 0 atom stereocenters. The molecule has 3 heterocycles. The summed E-state index contributed by atoms with van der Waals surface area (Å²) in [5.74, 6) is -0.264. The predicted octanol–water partition coefficient (Wildman–Crippen LogP) is 1.73. The van der Waals surface area contributed by atoms with Crippen LogP contribution in [0.15, 0.2) is 30.6 Å². The van der Waals surface area contributed by atoms with E-state index in [1.54, 1.807) is 22.2 Å². The lowest BCUT2D eigenvalue weighted by atomic mass is 9.97. The summed E-state index contributed by atoms with van der Waals surface area (Å²) >= 11 is 0. The molecule has 1 aliphatic carbocycles. The number of aryl methyl sites for hydroxylation is 1. The average molecular weight is 436 g/mol. The number of fused-ring (bicyclic) bond motifs is 1. The minimum atomic E-state index is -1.16. The summed E-state index contributed by atoms with van der Waals surface area (Å²) in [6, 6.07) is 6.48. The van der Waals surface area contributed by atoms with Gasteiger partial charge in [0.1, 0.15) is 5.60 Å². The SMILES string of the molecule is CCN1CCCc2cc(-c3cnc(C(=O)N4CCN(C(=O)C5(O)CC5)CC4)nc3)ccc21. The van der Waals surface area contributed by atoms with Crippen LogP contribution >= 0.6 is 0 Å². The molecule has 2 aromatic rings. The van der Waals surface area contributed by atoms with Gasteiger partial charge in [0.15, 0.2) is 0 Å². The Balaban J connectivity index is 1.24. The molecule has 1 aromatic heterocycles. The molecule has 3 aliphatic rings. The van der Waals surface area contributed by atoms with Crippen LogP contribution in [0.25, 0.3) is 11.1 Å². The lowest BCUT2D eigenvalue weighted by molar-refractivity contribution is -0.143. The van der Waals surface area contributed by atoms with Crippen LogP contribution in [0.1, 0.15) is 42.4 Å². The second kappa shape index (κ2) is 8.16. The number of hydrogen-bond donors (Lipinski definition) is 1. The van der Waals surface area contributed by atoms with Crippen molar-refractivity contribution in [3.05, 3.63) is 42.0 Å². The Kier molecular flexibility index (Phi) is 5.33. The molecule has 8 heteroatoms. The zero-order chi connectivity index (χ0) is 22.3. The van der Waals surface area contributed by atoms with E-state index in [9.17, 15) is 14.7 Å². The summed E-state index contributed by atoms with van der Waals surface area (Å²) in [4.78, 5) is 39.5. The van der Waals surface area contributed by atoms with Gasteiger partial charge < -0.3 is 19.8 Å². The third-order valence-electron chi connectivity index (χ3n) is 6.83. The monoisotopic (exact) mass is 435 g/mol. The molecule has 2 aliphatic heterocycles. The molecule has 0 bridgehead atoms. The second-order valence-electron chi connectivity index (χ2n) is 8.94. The number of amides is 2. The van der Waals surface area contributed by atoms with Crippen molar-refractivity contribution in [2.24, 2.45) is 0 Å². The normalized spacial score (nSPS) is 19.5. The van der Waals surface area contributed by atoms with Crippen LogP contribution in [0.4, 0.5) is 5.69 Å². The molecule has 1 aromatic carbocycles. The zero-order valence-electron chi connectivity index (χ0n) is 18.5. The number of hydrogen-bond acceptors (Lipinski definition) is 6. The summed E-state index contributed by atoms with van der Waals surface area (Å²) in [5, 5.41) is 10.0. The van der Waals surface area contributed by atoms with Crippen LogP contribution in [0, 0.1) is 0 Å². The first-order chi connectivity index (χ1) is 15.5. The van der Waals surface area contributed by atoms with Gasteiger partial charge in [0.05, 0.1) is 0 Å². The van der Waals surface area contributed by atoms with Gasteiger partial charge in [-0.25, -0.2) is 9.97 Å². The second-order valence-corrected chi connectivity index (χ2v) is 8.94. The van der Waals surface area contributed by atoms with Gasteiger partial charge in [-0.1, -0.05) is 6.07 Å². The highest BCUT2D eigenvalue weighted by atomic mass is 16.3. The summed E-state index contributed by atoms with van der Waals surface area (Å²) in [7, 11) is 0. The molecule has 0 unspecified atom stereocenters. The maximum atomic E-state index is 12.8. The van der Waals surface area contributed by atoms with Crippen LogP contribution in [-0.2, 0) is 11.2 Å². The summed E-state index contributed by atoms with van der Waals surface area (Å²) in [5.41, 5.74) is 3.45. The molecule has 2 amide bonds. The summed E-state index contributed by atoms with van der Waals surface area (Å²) in [6.07, 6.45) is 6.73. The van der Waals surface area contributed by atoms with E-state index in [0.717, 1.165) is 37.1 Å². The third-order valence-corrected chi connectivity index (χ3v) is 6.83. The van der Waals surface area contributed by atoms with E-state index < -0.39 is 5.60 Å². The molecular formula is C24H29N5O3. The molecule has 1 saturated carbocycles. The zero-order valence-corrected chi connectivity index (χ0v) is 18.5. The van der Waals surface area contributed by atoms with Crippen LogP contribution < -0.4 is 4.90 Å². The van der Waals surface area contributed by atoms with Crippen molar-refractivity contribution < 1.29 is 14.7 Å². The average Bonchev–Trinajstić information content (AvgIpc) is 3.61. The molecule has 0 radical (unpaired) electrons. The van der Waals surface area contributed by atoms with Gasteiger partial charge in [0.2, 0.25) is 5.82 Å². The number of aromatic nitrogens is 2. The number of carbonyl (C=O) groups excluding carboxylic acids is 2. The minimum absolute atomic E-state index is 0.171. The lowest BCUT2D eigenvalue weighted by Gasteiger charge is -2.35. The standard InChI is InChI=1S/C24H29N5O3/c1-2-27-9-3-4-18-14-17(5-6-20(18)27)19-15-25-21(26-16-19)22(30)28-10-12-29(13-11-28)23(31)24(32)7-8-24/h5-6,14-16,32H,2-4,7-13H2,1H3. The highest BCUT2D eigenvalue weighted by molar-refractivity contribution is 5.91. The van der Waals surface area contributed by atoms with E-state index in [4.69, 9.17) is 0 Å². The highest BCUT2D eigenvalue weighted by Gasteiger charge is 2.50. The number of rotatable bonds is 4. The third kappa shape index (κ3) is 3.83. The van der Waals surface area contributed by atoms with Crippen LogP contribution in [0.2, 0.25) is 0 Å². The fourth-order valence-corrected chi connectivity index (χ4v) is 4.65. The van der Waals surface area contributed by atoms with Gasteiger partial charge >= 0.3 is 0 Å². The van der Waals surface area contributed by atoms with Gasteiger partial charge in [0, 0.05) is 62.9 Å². The largest absolute Gasteiger partial charge is 0.380 e. The first-order valence-electron chi connectivity index (χ1n) is 11.5. The molecule has 5 rings (SSSR count). The Morgan fingerprint density at radius 2 is 1.69 bits per heavy atom. The lowest BCUT2D eigenvalue weighted by Crippen LogP contribution is -2.53. The Hall–Kier alpha value is -3.00. The number of piperazine rings is 1. The van der Waals surface area contributed by atoms with Crippen molar-refractivity contribution >= 4 is 17.5 Å². The smallest absolute Gasteiger partial charge is 0.291 e. The quantitative estimate of drug-likeness (QED) is 0.787. The topological polar surface area (TPSA) is 89.9 Å². The van der Waals surface area contributed by atoms with Crippen LogP contribution in [0.5, 0.6) is 0 Å². The van der Waals surface area contributed by atoms with Gasteiger partial charge in [-0.05, 0) is 55.9 Å². The van der Waals surface area contributed by atoms with Crippen molar-refractivity contribution in [1.29, 1.82) is 0 Å². The molecular weight excluding hydrogens is 406 g/mol. The fourth-order valence-electron chi connectivity index (χ4n) is 4.65. The molecule has 2 fully saturated rings. The van der Waals surface area contributed by atoms with Crippen LogP contribution in [-0.4, -0.2) is 81.6 Å². The molecule has 1 saturated heterocycles. The van der Waals surface area contributed by atoms with Crippen LogP contribution in [0.3, 0.4) is 0 Å². The van der Waals surface area contributed by atoms with E-state index in [1.807, 2.05) is 0 Å². The fraction of sp³-hybridized carbons (Fsp3) is 0.500. The van der Waals surface area contributed by atoms with E-state index in [-0.39, 0.29) is 17.6 Å². The van der Waals surface area contributed by atoms with E-state index in [2.05, 4.69) is 40.0 Å². The minimum Gasteiger partial charge on any atom is -0.380 e. The van der Waals surface area contributed by atoms with E-state index >= 15 is 0 Å². The first kappa shape index (κ1) is 20.9. The van der Waals surface area contributed by atoms with Gasteiger partial charge in [-0.2, -0.15) is 0 Å². The maximum Gasteiger partial charge on any atom is 0.291 e. The Bertz CT molecular complexity index is 1030. The summed E-state index contributed by atoms with van der Waals surface area (Å²) in [6.45, 7) is 5.99. The van der Waals surface area contributed by atoms with Crippen molar-refractivity contribution in [2.75, 3.05) is 44.2 Å². The number of anilines is 1. The maximum absolute atomic E-state index is 12.8. The van der Waals surface area contributed by atoms with Crippen molar-refractivity contribution in [3.8, 4) is 11.1 Å². The van der Waals surface area contributed by atoms with Crippen molar-refractivity contribution in [3.63, 3.8) is 0 Å². The number of carbonyl (C=O) groups is 2. The van der Waals surface area contributed by atoms with Gasteiger partial charge in [-0.3, -0.25) is 9.59 Å². The van der Waals surface area contributed by atoms with E-state index in [0.29, 0.717) is 39.0 Å². The first-order valence-corrected chi connectivity index (χ1v) is 11.5. The molecule has 0 spiro atoms. The number of nitrogens with zero attached hydrogens (tertiary/aromatic N) is 5. The Morgan fingerprint density at radius 3 is 2.34 bits per heavy atom. The van der Waals surface area contributed by atoms with E-state index in [1.165, 1.54) is 11.3 Å². The molecule has 168 valence electrons. The van der Waals surface area contributed by atoms with Crippen molar-refractivity contribution in [1.82, 2.24) is 19.8 Å². The molecule has 1 N–H and O–H groups in total.